The Balaban J connectivity index is 1.26. The molecule has 0 saturated heterocycles. The number of benzene rings is 6. The summed E-state index contributed by atoms with van der Waals surface area (Å²) in [5.74, 6) is 0. The normalized spacial score (nSPS) is 12.5. The fraction of sp³-hybridized carbons (Fsp3) is 0.0612. The Morgan fingerprint density at radius 1 is 0.685 bits per heavy atom. The topological polar surface area (TPSA) is 70.6 Å². The minimum Gasteiger partial charge on any atom is -0.455 e. The summed E-state index contributed by atoms with van der Waals surface area (Å²) >= 11 is 0. The minimum atomic E-state index is 0.0971. The maximum absolute atomic E-state index is 11.0. The van der Waals surface area contributed by atoms with E-state index in [0.717, 1.165) is 93.1 Å². The standard InChI is InChI=1S/C49H30N4O/c1-2-41(53-43-23-21-33(31-12-4-3-5-13-31)29-40(43)47-36-15-7-6-14-32(36)20-24-44(47)53)34(30-51)28-35(26-27-50)52-42-18-10-8-17-39(42)48-45(52)25-22-38-37-16-9-11-19-46(37)54-49(38)48/h3-4,6-12,14-25,28-29H,2,26H2,1H3/b35-28+,41-34-. The summed E-state index contributed by atoms with van der Waals surface area (Å²) in [6.07, 6.45) is 2.60. The molecule has 54 heavy (non-hydrogen) atoms. The van der Waals surface area contributed by atoms with Gasteiger partial charge in [0.05, 0.1) is 45.5 Å². The number of hydrogen-bond acceptors (Lipinski definition) is 3. The van der Waals surface area contributed by atoms with Gasteiger partial charge in [-0.1, -0.05) is 97.9 Å². The third-order valence-electron chi connectivity index (χ3n) is 10.7. The van der Waals surface area contributed by atoms with Crippen molar-refractivity contribution in [3.8, 4) is 23.3 Å². The molecule has 0 amide bonds. The Morgan fingerprint density at radius 3 is 2.24 bits per heavy atom. The van der Waals surface area contributed by atoms with Crippen molar-refractivity contribution < 1.29 is 4.42 Å². The smallest absolute Gasteiger partial charge is 0.145 e. The lowest BCUT2D eigenvalue weighted by atomic mass is 10.0. The molecule has 252 valence electrons. The van der Waals surface area contributed by atoms with Gasteiger partial charge in [0.25, 0.3) is 0 Å². The van der Waals surface area contributed by atoms with Gasteiger partial charge in [0.1, 0.15) is 17.2 Å². The first kappa shape index (κ1) is 31.2. The fourth-order valence-corrected chi connectivity index (χ4v) is 8.41. The monoisotopic (exact) mass is 690 g/mol. The van der Waals surface area contributed by atoms with Gasteiger partial charge < -0.3 is 13.6 Å². The Labute approximate surface area is 311 Å². The molecule has 5 nitrogen and oxygen atoms in total. The lowest BCUT2D eigenvalue weighted by Gasteiger charge is -2.15. The van der Waals surface area contributed by atoms with E-state index in [4.69, 9.17) is 4.42 Å². The second-order valence-electron chi connectivity index (χ2n) is 13.5. The number of nitriles is 2. The quantitative estimate of drug-likeness (QED) is 0.129. The van der Waals surface area contributed by atoms with Gasteiger partial charge in [0, 0.05) is 43.9 Å². The summed E-state index contributed by atoms with van der Waals surface area (Å²) in [4.78, 5) is 0. The van der Waals surface area contributed by atoms with E-state index in [9.17, 15) is 10.5 Å². The summed E-state index contributed by atoms with van der Waals surface area (Å²) in [6.45, 7) is 2.09. The Hall–Kier alpha value is -7.52. The van der Waals surface area contributed by atoms with E-state index in [1.165, 1.54) is 0 Å². The molecule has 0 saturated carbocycles. The van der Waals surface area contributed by atoms with E-state index in [1.54, 1.807) is 0 Å². The van der Waals surface area contributed by atoms with Crippen molar-refractivity contribution in [2.24, 2.45) is 0 Å². The van der Waals surface area contributed by atoms with Crippen LogP contribution in [0.4, 0.5) is 0 Å². The zero-order valence-corrected chi connectivity index (χ0v) is 29.4. The molecule has 0 atom stereocenters. The SMILES string of the molecule is CC/C(=C(C#N)\C=C(/CC#N)n1c2ccccc2c2c3oc4ccccc4c3ccc21)n1c2ccc(-c3c#cccc3)cc2c2c3ccccc3ccc21. The van der Waals surface area contributed by atoms with Gasteiger partial charge in [-0.15, -0.1) is 0 Å². The third kappa shape index (κ3) is 4.58. The lowest BCUT2D eigenvalue weighted by Crippen LogP contribution is -2.02. The molecule has 0 aliphatic heterocycles. The molecule has 10 rings (SSSR count). The first-order valence-electron chi connectivity index (χ1n) is 18.1. The highest BCUT2D eigenvalue weighted by Crippen LogP contribution is 2.42. The van der Waals surface area contributed by atoms with Crippen LogP contribution >= 0.6 is 0 Å². The van der Waals surface area contributed by atoms with Crippen LogP contribution in [0.25, 0.3) is 98.8 Å². The summed E-state index contributed by atoms with van der Waals surface area (Å²) < 4.78 is 10.9. The van der Waals surface area contributed by atoms with E-state index in [-0.39, 0.29) is 6.42 Å². The first-order valence-corrected chi connectivity index (χ1v) is 18.1. The molecule has 10 aromatic rings. The zero-order valence-electron chi connectivity index (χ0n) is 29.4. The molecule has 0 N–H and O–H groups in total. The Bertz CT molecular complexity index is 3300. The molecule has 5 heteroatoms. The molecule has 0 aliphatic carbocycles. The van der Waals surface area contributed by atoms with E-state index in [2.05, 4.69) is 131 Å². The number of furan rings is 1. The number of hydrogen-bond donors (Lipinski definition) is 0. The summed E-state index contributed by atoms with van der Waals surface area (Å²) in [7, 11) is 0. The fourth-order valence-electron chi connectivity index (χ4n) is 8.41. The van der Waals surface area contributed by atoms with Crippen molar-refractivity contribution >= 4 is 87.7 Å². The largest absolute Gasteiger partial charge is 0.455 e. The first-order chi connectivity index (χ1) is 26.7. The zero-order chi connectivity index (χ0) is 36.3. The van der Waals surface area contributed by atoms with Crippen molar-refractivity contribution in [1.29, 1.82) is 10.5 Å². The lowest BCUT2D eigenvalue weighted by molar-refractivity contribution is 0.673. The predicted octanol–water partition coefficient (Wildman–Crippen LogP) is 12.8. The average molecular weight is 691 g/mol. The number of rotatable bonds is 6. The molecule has 0 aliphatic rings. The molecule has 3 heterocycles. The van der Waals surface area contributed by atoms with E-state index >= 15 is 0 Å². The molecule has 0 radical (unpaired) electrons. The van der Waals surface area contributed by atoms with E-state index in [1.807, 2.05) is 48.5 Å². The highest BCUT2D eigenvalue weighted by atomic mass is 16.3. The van der Waals surface area contributed by atoms with Crippen molar-refractivity contribution in [3.05, 3.63) is 157 Å². The van der Waals surface area contributed by atoms with Crippen LogP contribution < -0.4 is 0 Å². The predicted molar refractivity (Wildman–Crippen MR) is 220 cm³/mol. The summed E-state index contributed by atoms with van der Waals surface area (Å²) in [5.41, 5.74) is 9.64. The van der Waals surface area contributed by atoms with Crippen molar-refractivity contribution in [2.75, 3.05) is 0 Å². The maximum atomic E-state index is 11.0. The van der Waals surface area contributed by atoms with Crippen LogP contribution in [0.5, 0.6) is 0 Å². The second kappa shape index (κ2) is 12.3. The van der Waals surface area contributed by atoms with Gasteiger partial charge in [-0.2, -0.15) is 10.5 Å². The van der Waals surface area contributed by atoms with Crippen molar-refractivity contribution in [1.82, 2.24) is 9.13 Å². The van der Waals surface area contributed by atoms with Gasteiger partial charge in [-0.3, -0.25) is 0 Å². The molecule has 3 aromatic heterocycles. The molecular formula is C49H30N4O. The van der Waals surface area contributed by atoms with Crippen molar-refractivity contribution in [2.45, 2.75) is 19.8 Å². The summed E-state index contributed by atoms with van der Waals surface area (Å²) in [6, 6.07) is 57.0. The maximum Gasteiger partial charge on any atom is 0.145 e. The van der Waals surface area contributed by atoms with Gasteiger partial charge >= 0.3 is 0 Å². The van der Waals surface area contributed by atoms with Crippen LogP contribution in [0.15, 0.2) is 150 Å². The van der Waals surface area contributed by atoms with Crippen LogP contribution in [-0.4, -0.2) is 9.13 Å². The van der Waals surface area contributed by atoms with Gasteiger partial charge in [-0.25, -0.2) is 0 Å². The molecule has 0 bridgehead atoms. The number of aromatic nitrogens is 2. The molecule has 7 aromatic carbocycles. The number of fused-ring (bicyclic) bond motifs is 12. The highest BCUT2D eigenvalue weighted by molar-refractivity contribution is 6.25. The van der Waals surface area contributed by atoms with Crippen LogP contribution in [0, 0.1) is 34.8 Å². The van der Waals surface area contributed by atoms with E-state index in [0.29, 0.717) is 17.7 Å². The second-order valence-corrected chi connectivity index (χ2v) is 13.5. The van der Waals surface area contributed by atoms with Gasteiger partial charge in [0.2, 0.25) is 0 Å². The molecule has 0 unspecified atom stereocenters. The van der Waals surface area contributed by atoms with E-state index < -0.39 is 0 Å². The Morgan fingerprint density at radius 2 is 1.43 bits per heavy atom. The molecule has 0 fully saturated rings. The van der Waals surface area contributed by atoms with Gasteiger partial charge in [-0.05, 0) is 83.4 Å². The van der Waals surface area contributed by atoms with Crippen LogP contribution in [0.3, 0.4) is 0 Å². The number of allylic oxidation sites excluding steroid dienone is 4. The van der Waals surface area contributed by atoms with Crippen LogP contribution in [0.2, 0.25) is 0 Å². The van der Waals surface area contributed by atoms with Gasteiger partial charge in [0.15, 0.2) is 0 Å². The Kier molecular flexibility index (Phi) is 7.12. The molecular weight excluding hydrogens is 661 g/mol. The highest BCUT2D eigenvalue weighted by Gasteiger charge is 2.22. The van der Waals surface area contributed by atoms with Crippen LogP contribution in [-0.2, 0) is 0 Å². The summed E-state index contributed by atoms with van der Waals surface area (Å²) in [5, 5.41) is 29.9. The minimum absolute atomic E-state index is 0.0971. The number of para-hydroxylation sites is 2. The third-order valence-corrected chi connectivity index (χ3v) is 10.7. The van der Waals surface area contributed by atoms with Crippen LogP contribution in [0.1, 0.15) is 19.8 Å². The van der Waals surface area contributed by atoms with Crippen molar-refractivity contribution in [3.63, 3.8) is 0 Å². The molecule has 0 spiro atoms. The average Bonchev–Trinajstić information content (AvgIpc) is 3.88. The number of nitrogens with zero attached hydrogens (tertiary/aromatic N) is 4.